The lowest BCUT2D eigenvalue weighted by molar-refractivity contribution is -0.384. The highest BCUT2D eigenvalue weighted by atomic mass is 32.2. The molecule has 4 rings (SSSR count). The second-order valence-electron chi connectivity index (χ2n) is 11.4. The minimum atomic E-state index is -3.79. The van der Waals surface area contributed by atoms with E-state index in [9.17, 15) is 18.5 Å². The van der Waals surface area contributed by atoms with Crippen molar-refractivity contribution in [1.29, 1.82) is 0 Å². The van der Waals surface area contributed by atoms with Crippen LogP contribution in [0.5, 0.6) is 0 Å². The van der Waals surface area contributed by atoms with Crippen molar-refractivity contribution in [3.63, 3.8) is 0 Å². The van der Waals surface area contributed by atoms with Crippen LogP contribution in [0.3, 0.4) is 0 Å². The number of rotatable bonds is 11. The van der Waals surface area contributed by atoms with Gasteiger partial charge in [-0.3, -0.25) is 10.1 Å². The summed E-state index contributed by atoms with van der Waals surface area (Å²) in [6, 6.07) is 26.1. The van der Waals surface area contributed by atoms with Crippen LogP contribution in [-0.4, -0.2) is 45.7 Å². The summed E-state index contributed by atoms with van der Waals surface area (Å²) in [6.07, 6.45) is 5.34. The zero-order valence-electron chi connectivity index (χ0n) is 23.9. The first kappa shape index (κ1) is 30.6. The Morgan fingerprint density at radius 1 is 1.00 bits per heavy atom. The average molecular weight is 591 g/mol. The van der Waals surface area contributed by atoms with Crippen LogP contribution in [0.25, 0.3) is 0 Å². The summed E-state index contributed by atoms with van der Waals surface area (Å²) >= 11 is 0. The smallest absolute Gasteiger partial charge is 0.269 e. The first-order valence-corrected chi connectivity index (χ1v) is 17.2. The topological polar surface area (TPSA) is 89.8 Å². The van der Waals surface area contributed by atoms with E-state index in [1.807, 2.05) is 24.3 Å². The summed E-state index contributed by atoms with van der Waals surface area (Å²) in [7, 11) is -6.41. The fraction of sp³-hybridized carbons (Fsp3) is 0.312. The molecule has 0 bridgehead atoms. The number of sulfonamides is 1. The molecule has 3 aromatic rings. The molecule has 0 amide bonds. The largest absolute Gasteiger partial charge is 0.407 e. The van der Waals surface area contributed by atoms with Gasteiger partial charge < -0.3 is 4.43 Å². The molecule has 0 aliphatic carbocycles. The first-order valence-electron chi connectivity index (χ1n) is 13.8. The van der Waals surface area contributed by atoms with Gasteiger partial charge >= 0.3 is 0 Å². The van der Waals surface area contributed by atoms with Gasteiger partial charge in [-0.1, -0.05) is 106 Å². The van der Waals surface area contributed by atoms with Gasteiger partial charge in [0.2, 0.25) is 10.0 Å². The van der Waals surface area contributed by atoms with Gasteiger partial charge in [0.1, 0.15) is 0 Å². The minimum absolute atomic E-state index is 0.0430. The molecule has 1 heterocycles. The normalized spacial score (nSPS) is 16.4. The predicted molar refractivity (Wildman–Crippen MR) is 166 cm³/mol. The quantitative estimate of drug-likeness (QED) is 0.0942. The third-order valence-electron chi connectivity index (χ3n) is 7.67. The Bertz CT molecular complexity index is 1450. The van der Waals surface area contributed by atoms with E-state index in [1.54, 1.807) is 0 Å². The molecule has 1 aliphatic rings. The number of benzene rings is 3. The number of nitro groups is 1. The third kappa shape index (κ3) is 6.59. The molecule has 41 heavy (non-hydrogen) atoms. The van der Waals surface area contributed by atoms with Crippen LogP contribution in [0.2, 0.25) is 5.04 Å². The van der Waals surface area contributed by atoms with Crippen molar-refractivity contribution in [1.82, 2.24) is 4.31 Å². The van der Waals surface area contributed by atoms with E-state index >= 15 is 0 Å². The third-order valence-corrected chi connectivity index (χ3v) is 14.6. The molecule has 0 fully saturated rings. The van der Waals surface area contributed by atoms with E-state index in [0.717, 1.165) is 12.0 Å². The van der Waals surface area contributed by atoms with E-state index < -0.39 is 23.3 Å². The molecular formula is C32H38N2O5SSi. The molecule has 0 spiro atoms. The summed E-state index contributed by atoms with van der Waals surface area (Å²) in [5, 5.41) is 13.3. The summed E-state index contributed by atoms with van der Waals surface area (Å²) in [6.45, 7) is 12.2. The van der Waals surface area contributed by atoms with E-state index in [0.29, 0.717) is 13.0 Å². The Morgan fingerprint density at radius 3 is 2.07 bits per heavy atom. The SMILES string of the molecule is C=C(CCCO[Si](c1ccccc1)(c1ccccc1)C(C)(C)C)C1C=CCN(S(=O)(=O)c2ccc([N+](=O)[O-])cc2)C1. The molecule has 1 atom stereocenters. The molecule has 7 nitrogen and oxygen atoms in total. The Kier molecular flexibility index (Phi) is 9.43. The number of nitrogens with zero attached hydrogens (tertiary/aromatic N) is 2. The van der Waals surface area contributed by atoms with Gasteiger partial charge in [-0.2, -0.15) is 4.31 Å². The predicted octanol–water partition coefficient (Wildman–Crippen LogP) is 5.68. The Hall–Kier alpha value is -3.37. The monoisotopic (exact) mass is 590 g/mol. The minimum Gasteiger partial charge on any atom is -0.407 e. The van der Waals surface area contributed by atoms with Crippen molar-refractivity contribution < 1.29 is 17.8 Å². The highest BCUT2D eigenvalue weighted by Gasteiger charge is 2.50. The molecule has 0 saturated carbocycles. The van der Waals surface area contributed by atoms with Gasteiger partial charge in [-0.15, -0.1) is 0 Å². The molecule has 9 heteroatoms. The van der Waals surface area contributed by atoms with E-state index in [1.165, 1.54) is 38.9 Å². The van der Waals surface area contributed by atoms with Crippen LogP contribution in [0.15, 0.2) is 114 Å². The fourth-order valence-electron chi connectivity index (χ4n) is 5.52. The van der Waals surface area contributed by atoms with Crippen molar-refractivity contribution in [2.24, 2.45) is 5.92 Å². The van der Waals surface area contributed by atoms with Crippen LogP contribution in [0.4, 0.5) is 5.69 Å². The van der Waals surface area contributed by atoms with Crippen molar-refractivity contribution in [2.45, 2.75) is 43.5 Å². The molecular weight excluding hydrogens is 553 g/mol. The van der Waals surface area contributed by atoms with Crippen LogP contribution in [0.1, 0.15) is 33.6 Å². The van der Waals surface area contributed by atoms with Crippen LogP contribution < -0.4 is 10.4 Å². The summed E-state index contributed by atoms with van der Waals surface area (Å²) < 4.78 is 34.9. The maximum absolute atomic E-state index is 13.2. The molecule has 0 N–H and O–H groups in total. The van der Waals surface area contributed by atoms with Crippen molar-refractivity contribution in [2.75, 3.05) is 19.7 Å². The second kappa shape index (κ2) is 12.6. The Balaban J connectivity index is 1.43. The van der Waals surface area contributed by atoms with Gasteiger partial charge in [0.25, 0.3) is 14.0 Å². The van der Waals surface area contributed by atoms with E-state index in [4.69, 9.17) is 4.43 Å². The zero-order chi connectivity index (χ0) is 29.7. The number of non-ortho nitro benzene ring substituents is 1. The van der Waals surface area contributed by atoms with Crippen molar-refractivity contribution >= 4 is 34.4 Å². The Morgan fingerprint density at radius 2 is 1.56 bits per heavy atom. The highest BCUT2D eigenvalue weighted by molar-refractivity contribution is 7.89. The van der Waals surface area contributed by atoms with E-state index in [-0.39, 0.29) is 34.6 Å². The zero-order valence-corrected chi connectivity index (χ0v) is 25.7. The highest BCUT2D eigenvalue weighted by Crippen LogP contribution is 2.37. The molecule has 3 aromatic carbocycles. The second-order valence-corrected chi connectivity index (χ2v) is 17.6. The molecule has 0 aromatic heterocycles. The number of hydrogen-bond acceptors (Lipinski definition) is 5. The standard InChI is InChI=1S/C32H38N2O5SSi/c1-26(27-14-11-23-33(25-27)40(37,38)29-21-19-28(20-22-29)34(35)36)13-12-24-39-41(32(2,3)4,30-15-7-5-8-16-30)31-17-9-6-10-18-31/h5-11,14-22,27H,1,12-13,23-25H2,2-4H3. The van der Waals surface area contributed by atoms with Gasteiger partial charge in [0, 0.05) is 37.7 Å². The number of hydrogen-bond donors (Lipinski definition) is 0. The lowest BCUT2D eigenvalue weighted by atomic mass is 9.94. The van der Waals surface area contributed by atoms with Gasteiger partial charge in [-0.05, 0) is 40.4 Å². The van der Waals surface area contributed by atoms with Crippen LogP contribution >= 0.6 is 0 Å². The molecule has 0 radical (unpaired) electrons. The van der Waals surface area contributed by atoms with Crippen LogP contribution in [0, 0.1) is 16.0 Å². The maximum Gasteiger partial charge on any atom is 0.269 e. The maximum atomic E-state index is 13.2. The molecule has 1 aliphatic heterocycles. The first-order chi connectivity index (χ1) is 19.5. The summed E-state index contributed by atoms with van der Waals surface area (Å²) in [5.41, 5.74) is 0.810. The average Bonchev–Trinajstić information content (AvgIpc) is 2.97. The fourth-order valence-corrected chi connectivity index (χ4v) is 11.5. The summed E-state index contributed by atoms with van der Waals surface area (Å²) in [4.78, 5) is 10.5. The Labute approximate surface area is 244 Å². The summed E-state index contributed by atoms with van der Waals surface area (Å²) in [5.74, 6) is -0.121. The van der Waals surface area contributed by atoms with Gasteiger partial charge in [0.15, 0.2) is 0 Å². The van der Waals surface area contributed by atoms with Gasteiger partial charge in [0.05, 0.1) is 9.82 Å². The molecule has 0 saturated heterocycles. The molecule has 1 unspecified atom stereocenters. The lowest BCUT2D eigenvalue weighted by Crippen LogP contribution is -2.66. The van der Waals surface area contributed by atoms with Crippen molar-refractivity contribution in [3.05, 3.63) is 119 Å². The number of nitro benzene ring substituents is 1. The van der Waals surface area contributed by atoms with Gasteiger partial charge in [-0.25, -0.2) is 8.42 Å². The van der Waals surface area contributed by atoms with E-state index in [2.05, 4.69) is 75.9 Å². The van der Waals surface area contributed by atoms with Crippen molar-refractivity contribution in [3.8, 4) is 0 Å². The lowest BCUT2D eigenvalue weighted by Gasteiger charge is -2.43. The molecule has 216 valence electrons. The van der Waals surface area contributed by atoms with Crippen LogP contribution in [-0.2, 0) is 14.4 Å².